The number of hydrogen-bond donors (Lipinski definition) is 4. The van der Waals surface area contributed by atoms with Gasteiger partial charge >= 0.3 is 18.0 Å². The Labute approximate surface area is 315 Å². The zero-order valence-electron chi connectivity index (χ0n) is 28.5. The molecule has 0 unspecified atom stereocenters. The van der Waals surface area contributed by atoms with Crippen LogP contribution < -0.4 is 16.4 Å². The van der Waals surface area contributed by atoms with Crippen molar-refractivity contribution in [1.29, 1.82) is 0 Å². The molecule has 51 heavy (non-hydrogen) atoms. The molecule has 0 saturated carbocycles. The molecule has 0 spiro atoms. The van der Waals surface area contributed by atoms with Crippen molar-refractivity contribution in [1.82, 2.24) is 20.0 Å². The van der Waals surface area contributed by atoms with Crippen LogP contribution in [-0.4, -0.2) is 88.6 Å². The number of aromatic carboxylic acids is 1. The molecule has 0 bridgehead atoms. The van der Waals surface area contributed by atoms with Crippen LogP contribution in [0.25, 0.3) is 0 Å². The maximum absolute atomic E-state index is 14.1. The zero-order chi connectivity index (χ0) is 36.1. The number of nitrogens with two attached hydrogens (primary N) is 1. The molecule has 5 amide bonds. The minimum absolute atomic E-state index is 0.0238. The third-order valence-corrected chi connectivity index (χ3v) is 11.8. The number of anilines is 2. The summed E-state index contributed by atoms with van der Waals surface area (Å²) < 4.78 is 1.43. The molecule has 11 nitrogen and oxygen atoms in total. The van der Waals surface area contributed by atoms with Gasteiger partial charge in [-0.2, -0.15) is 0 Å². The first-order valence-electron chi connectivity index (χ1n) is 17.6. The molecule has 3 aromatic carbocycles. The number of carbonyl (C=O) groups is 4. The zero-order valence-corrected chi connectivity index (χ0v) is 31.6. The molecule has 13 heteroatoms. The van der Waals surface area contributed by atoms with Gasteiger partial charge in [-0.05, 0) is 130 Å². The number of rotatable bonds is 9. The van der Waals surface area contributed by atoms with Crippen molar-refractivity contribution in [2.24, 2.45) is 5.92 Å². The second-order valence-electron chi connectivity index (χ2n) is 13.7. The van der Waals surface area contributed by atoms with Crippen LogP contribution >= 0.6 is 31.9 Å². The number of likely N-dealkylation sites (tertiary alicyclic amines) is 2. The summed E-state index contributed by atoms with van der Waals surface area (Å²) >= 11 is 7.03. The van der Waals surface area contributed by atoms with Crippen molar-refractivity contribution in [2.75, 3.05) is 43.8 Å². The number of carboxylic acid groups (broad SMARTS) is 1. The van der Waals surface area contributed by atoms with Gasteiger partial charge in [0, 0.05) is 59.8 Å². The van der Waals surface area contributed by atoms with Crippen LogP contribution in [0, 0.1) is 5.92 Å². The van der Waals surface area contributed by atoms with Gasteiger partial charge in [0.05, 0.1) is 11.3 Å². The molecule has 5 N–H and O–H groups in total. The number of urea groups is 2. The lowest BCUT2D eigenvalue weighted by molar-refractivity contribution is -0.134. The molecule has 1 atom stereocenters. The predicted molar refractivity (Wildman–Crippen MR) is 204 cm³/mol. The Morgan fingerprint density at radius 3 is 2.20 bits per heavy atom. The molecule has 2 fully saturated rings. The lowest BCUT2D eigenvalue weighted by Gasteiger charge is -2.39. The summed E-state index contributed by atoms with van der Waals surface area (Å²) in [6, 6.07) is 17.5. The van der Waals surface area contributed by atoms with Crippen LogP contribution in [0.15, 0.2) is 69.6 Å². The number of nitrogens with one attached hydrogen (secondary N) is 2. The van der Waals surface area contributed by atoms with Crippen LogP contribution in [0.2, 0.25) is 0 Å². The number of fused-ring (bicyclic) bond motifs is 1. The molecule has 0 radical (unpaired) electrons. The molecule has 3 aliphatic rings. The number of carboxylic acids is 1. The number of amides is 5. The summed E-state index contributed by atoms with van der Waals surface area (Å²) in [6.45, 7) is 2.81. The van der Waals surface area contributed by atoms with Crippen molar-refractivity contribution in [3.05, 3.63) is 91.9 Å². The molecule has 0 aromatic heterocycles. The van der Waals surface area contributed by atoms with E-state index in [1.54, 1.807) is 17.0 Å². The molecule has 2 saturated heterocycles. The summed E-state index contributed by atoms with van der Waals surface area (Å²) in [7, 11) is 0. The number of hydrogen-bond acceptors (Lipinski definition) is 5. The summed E-state index contributed by atoms with van der Waals surface area (Å²) in [5, 5.41) is 15.3. The first kappa shape index (κ1) is 36.7. The number of nitrogens with zero attached hydrogens (tertiary/aromatic N) is 3. The second kappa shape index (κ2) is 16.5. The number of para-hydroxylation sites is 1. The Morgan fingerprint density at radius 2 is 1.53 bits per heavy atom. The first-order valence-corrected chi connectivity index (χ1v) is 19.2. The van der Waals surface area contributed by atoms with Gasteiger partial charge in [0.2, 0.25) is 5.91 Å². The third kappa shape index (κ3) is 9.04. The predicted octanol–water partition coefficient (Wildman–Crippen LogP) is 6.54. The average molecular weight is 825 g/mol. The van der Waals surface area contributed by atoms with Gasteiger partial charge in [0.15, 0.2) is 0 Å². The van der Waals surface area contributed by atoms with E-state index in [9.17, 15) is 19.2 Å². The second-order valence-corrected chi connectivity index (χ2v) is 15.4. The van der Waals surface area contributed by atoms with E-state index in [1.807, 2.05) is 58.3 Å². The first-order chi connectivity index (χ1) is 24.5. The smallest absolute Gasteiger partial charge is 0.335 e. The number of carbonyl (C=O) groups excluding carboxylic acids is 3. The fraction of sp³-hybridized carbons (Fsp3) is 0.421. The van der Waals surface area contributed by atoms with Gasteiger partial charge in [-0.1, -0.05) is 30.3 Å². The minimum Gasteiger partial charge on any atom is -0.478 e. The van der Waals surface area contributed by atoms with Crippen LogP contribution in [0.3, 0.4) is 0 Å². The monoisotopic (exact) mass is 822 g/mol. The van der Waals surface area contributed by atoms with Gasteiger partial charge in [-0.25, -0.2) is 14.4 Å². The topological polar surface area (TPSA) is 148 Å². The summed E-state index contributed by atoms with van der Waals surface area (Å²) in [6.07, 6.45) is 5.93. The molecular weight excluding hydrogens is 780 g/mol. The fourth-order valence-corrected chi connectivity index (χ4v) is 8.68. The SMILES string of the molecule is Nc1c(Br)cc(C[C@@H](NC(=O)N2CCC(N3CCc4ccccc4NC3=O)CC2)C(=O)N2CCC(CCc3ccc(C(=O)O)cc3)CC2)cc1Br. The van der Waals surface area contributed by atoms with Gasteiger partial charge in [-0.3, -0.25) is 4.79 Å². The Kier molecular flexibility index (Phi) is 11.9. The van der Waals surface area contributed by atoms with Gasteiger partial charge < -0.3 is 36.2 Å². The maximum atomic E-state index is 14.1. The number of aryl methyl sites for hydroxylation is 1. The largest absolute Gasteiger partial charge is 0.478 e. The molecule has 6 rings (SSSR count). The number of piperidine rings is 2. The average Bonchev–Trinajstić information content (AvgIpc) is 3.30. The van der Waals surface area contributed by atoms with E-state index < -0.39 is 12.0 Å². The van der Waals surface area contributed by atoms with E-state index in [0.29, 0.717) is 72.5 Å². The Morgan fingerprint density at radius 1 is 0.882 bits per heavy atom. The number of halogens is 2. The quantitative estimate of drug-likeness (QED) is 0.180. The van der Waals surface area contributed by atoms with E-state index >= 15 is 0 Å². The molecule has 3 aliphatic heterocycles. The highest BCUT2D eigenvalue weighted by molar-refractivity contribution is 9.11. The van der Waals surface area contributed by atoms with E-state index in [1.165, 1.54) is 0 Å². The van der Waals surface area contributed by atoms with Gasteiger partial charge in [-0.15, -0.1) is 0 Å². The molecule has 0 aliphatic carbocycles. The van der Waals surface area contributed by atoms with Crippen molar-refractivity contribution < 1.29 is 24.3 Å². The molecule has 270 valence electrons. The highest BCUT2D eigenvalue weighted by atomic mass is 79.9. The highest BCUT2D eigenvalue weighted by Crippen LogP contribution is 2.31. The Bertz CT molecular complexity index is 1730. The Balaban J connectivity index is 1.06. The summed E-state index contributed by atoms with van der Waals surface area (Å²) in [5.74, 6) is -0.585. The van der Waals surface area contributed by atoms with E-state index in [2.05, 4.69) is 42.5 Å². The van der Waals surface area contributed by atoms with Crippen LogP contribution in [0.5, 0.6) is 0 Å². The van der Waals surface area contributed by atoms with E-state index in [4.69, 9.17) is 10.8 Å². The van der Waals surface area contributed by atoms with Crippen LogP contribution in [0.4, 0.5) is 21.0 Å². The van der Waals surface area contributed by atoms with E-state index in [0.717, 1.165) is 54.5 Å². The fourth-order valence-electron chi connectivity index (χ4n) is 7.40. The third-order valence-electron chi connectivity index (χ3n) is 10.5. The van der Waals surface area contributed by atoms with E-state index in [-0.39, 0.29) is 29.6 Å². The standard InChI is InChI=1S/C38H44Br2N6O5/c39-30-21-26(22-31(40)34(30)41)23-33(35(47)44-16-11-25(12-17-44)6-5-24-7-9-28(10-8-24)36(48)49)43-37(50)45-18-14-29(15-19-45)46-20-13-27-3-1-2-4-32(27)42-38(46)51/h1-4,7-10,21-22,25,29,33H,5-6,11-20,23,41H2,(H,42,51)(H,43,50)(H,48,49)/t33-/m1/s1. The Hall–Kier alpha value is -4.10. The minimum atomic E-state index is -0.931. The van der Waals surface area contributed by atoms with Gasteiger partial charge in [0.1, 0.15) is 6.04 Å². The lowest BCUT2D eigenvalue weighted by atomic mass is 9.90. The normalized spacial score (nSPS) is 17.7. The molecule has 3 heterocycles. The lowest BCUT2D eigenvalue weighted by Crippen LogP contribution is -2.56. The van der Waals surface area contributed by atoms with Crippen molar-refractivity contribution in [3.8, 4) is 0 Å². The highest BCUT2D eigenvalue weighted by Gasteiger charge is 2.34. The maximum Gasteiger partial charge on any atom is 0.335 e. The van der Waals surface area contributed by atoms with Crippen molar-refractivity contribution >= 4 is 67.2 Å². The van der Waals surface area contributed by atoms with Crippen molar-refractivity contribution in [2.45, 2.75) is 63.5 Å². The van der Waals surface area contributed by atoms with Crippen molar-refractivity contribution in [3.63, 3.8) is 0 Å². The molecule has 3 aromatic rings. The summed E-state index contributed by atoms with van der Waals surface area (Å²) in [4.78, 5) is 57.6. The summed E-state index contributed by atoms with van der Waals surface area (Å²) in [5.41, 5.74) is 10.9. The van der Waals surface area contributed by atoms with Gasteiger partial charge in [0.25, 0.3) is 0 Å². The van der Waals surface area contributed by atoms with Crippen LogP contribution in [0.1, 0.15) is 59.2 Å². The number of nitrogen functional groups attached to an aromatic ring is 1. The molecular formula is C38H44Br2N6O5. The number of benzene rings is 3. The van der Waals surface area contributed by atoms with Crippen LogP contribution in [-0.2, 0) is 24.1 Å².